The van der Waals surface area contributed by atoms with E-state index in [1.165, 1.54) is 11.3 Å². The SMILES string of the molecule is CCSc1nnc(NC(=O)Cc2ccccc2Cl)s1. The van der Waals surface area contributed by atoms with Crippen molar-refractivity contribution in [2.45, 2.75) is 17.7 Å². The molecule has 0 saturated heterocycles. The van der Waals surface area contributed by atoms with Gasteiger partial charge in [0.15, 0.2) is 4.34 Å². The predicted octanol–water partition coefficient (Wildman–Crippen LogP) is 3.48. The summed E-state index contributed by atoms with van der Waals surface area (Å²) in [6.45, 7) is 2.04. The number of halogens is 1. The summed E-state index contributed by atoms with van der Waals surface area (Å²) in [6, 6.07) is 7.30. The monoisotopic (exact) mass is 313 g/mol. The zero-order chi connectivity index (χ0) is 13.7. The lowest BCUT2D eigenvalue weighted by Gasteiger charge is -2.03. The van der Waals surface area contributed by atoms with E-state index < -0.39 is 0 Å². The summed E-state index contributed by atoms with van der Waals surface area (Å²) in [4.78, 5) is 11.9. The maximum atomic E-state index is 11.9. The van der Waals surface area contributed by atoms with E-state index in [2.05, 4.69) is 15.5 Å². The van der Waals surface area contributed by atoms with Gasteiger partial charge in [-0.3, -0.25) is 4.79 Å². The molecule has 0 aliphatic rings. The van der Waals surface area contributed by atoms with Gasteiger partial charge >= 0.3 is 0 Å². The van der Waals surface area contributed by atoms with Gasteiger partial charge in [-0.15, -0.1) is 10.2 Å². The van der Waals surface area contributed by atoms with E-state index in [0.717, 1.165) is 15.7 Å². The topological polar surface area (TPSA) is 54.9 Å². The molecule has 1 aromatic heterocycles. The molecule has 1 heterocycles. The van der Waals surface area contributed by atoms with Crippen molar-refractivity contribution >= 4 is 45.7 Å². The molecule has 0 fully saturated rings. The number of carbonyl (C=O) groups excluding carboxylic acids is 1. The van der Waals surface area contributed by atoms with Crippen molar-refractivity contribution in [3.63, 3.8) is 0 Å². The number of benzene rings is 1. The van der Waals surface area contributed by atoms with Gasteiger partial charge in [-0.2, -0.15) is 0 Å². The third-order valence-corrected chi connectivity index (χ3v) is 4.45. The van der Waals surface area contributed by atoms with Gasteiger partial charge in [-0.25, -0.2) is 0 Å². The minimum absolute atomic E-state index is 0.141. The van der Waals surface area contributed by atoms with E-state index in [0.29, 0.717) is 10.2 Å². The lowest BCUT2D eigenvalue weighted by Crippen LogP contribution is -2.14. The Labute approximate surface area is 124 Å². The van der Waals surface area contributed by atoms with Gasteiger partial charge in [-0.05, 0) is 17.4 Å². The van der Waals surface area contributed by atoms with Crippen LogP contribution in [0.25, 0.3) is 0 Å². The minimum atomic E-state index is -0.141. The zero-order valence-corrected chi connectivity index (χ0v) is 12.6. The van der Waals surface area contributed by atoms with Crippen molar-refractivity contribution in [3.8, 4) is 0 Å². The first-order valence-electron chi connectivity index (χ1n) is 5.68. The minimum Gasteiger partial charge on any atom is -0.300 e. The second kappa shape index (κ2) is 6.88. The summed E-state index contributed by atoms with van der Waals surface area (Å²) < 4.78 is 0.857. The van der Waals surface area contributed by atoms with Gasteiger partial charge in [0.1, 0.15) is 0 Å². The highest BCUT2D eigenvalue weighted by molar-refractivity contribution is 8.01. The Morgan fingerprint density at radius 2 is 2.21 bits per heavy atom. The third kappa shape index (κ3) is 4.19. The Bertz CT molecular complexity index is 574. The Balaban J connectivity index is 1.95. The molecule has 0 spiro atoms. The molecular weight excluding hydrogens is 302 g/mol. The number of hydrogen-bond donors (Lipinski definition) is 1. The first-order valence-corrected chi connectivity index (χ1v) is 7.86. The van der Waals surface area contributed by atoms with Gasteiger partial charge in [-0.1, -0.05) is 59.8 Å². The summed E-state index contributed by atoms with van der Waals surface area (Å²) in [7, 11) is 0. The summed E-state index contributed by atoms with van der Waals surface area (Å²) in [5, 5.41) is 11.7. The molecule has 1 N–H and O–H groups in total. The van der Waals surface area contributed by atoms with Crippen molar-refractivity contribution in [3.05, 3.63) is 34.9 Å². The van der Waals surface area contributed by atoms with E-state index in [1.54, 1.807) is 17.8 Å². The van der Waals surface area contributed by atoms with Crippen molar-refractivity contribution in [2.24, 2.45) is 0 Å². The Morgan fingerprint density at radius 1 is 1.42 bits per heavy atom. The van der Waals surface area contributed by atoms with Gasteiger partial charge in [0.25, 0.3) is 0 Å². The number of nitrogens with one attached hydrogen (secondary N) is 1. The number of thioether (sulfide) groups is 1. The summed E-state index contributed by atoms with van der Waals surface area (Å²) in [5.74, 6) is 0.791. The van der Waals surface area contributed by atoms with Crippen LogP contribution in [0.3, 0.4) is 0 Å². The van der Waals surface area contributed by atoms with Crippen LogP contribution in [0.5, 0.6) is 0 Å². The van der Waals surface area contributed by atoms with Crippen molar-refractivity contribution in [1.29, 1.82) is 0 Å². The molecule has 100 valence electrons. The van der Waals surface area contributed by atoms with Gasteiger partial charge < -0.3 is 5.32 Å². The number of aromatic nitrogens is 2. The predicted molar refractivity (Wildman–Crippen MR) is 80.1 cm³/mol. The van der Waals surface area contributed by atoms with Gasteiger partial charge in [0.05, 0.1) is 6.42 Å². The fourth-order valence-electron chi connectivity index (χ4n) is 1.42. The molecule has 2 aromatic rings. The zero-order valence-electron chi connectivity index (χ0n) is 10.2. The molecule has 1 amide bonds. The van der Waals surface area contributed by atoms with Crippen LogP contribution in [0.4, 0.5) is 5.13 Å². The fourth-order valence-corrected chi connectivity index (χ4v) is 3.29. The largest absolute Gasteiger partial charge is 0.300 e. The van der Waals surface area contributed by atoms with E-state index in [4.69, 9.17) is 11.6 Å². The molecule has 4 nitrogen and oxygen atoms in total. The second-order valence-corrected chi connectivity index (χ2v) is 6.52. The maximum absolute atomic E-state index is 11.9. The summed E-state index contributed by atoms with van der Waals surface area (Å²) >= 11 is 8.99. The lowest BCUT2D eigenvalue weighted by molar-refractivity contribution is -0.115. The van der Waals surface area contributed by atoms with Crippen LogP contribution < -0.4 is 5.32 Å². The van der Waals surface area contributed by atoms with Crippen LogP contribution in [-0.4, -0.2) is 21.9 Å². The molecule has 0 bridgehead atoms. The number of hydrogen-bond acceptors (Lipinski definition) is 5. The third-order valence-electron chi connectivity index (χ3n) is 2.23. The van der Waals surface area contributed by atoms with Crippen LogP contribution in [0, 0.1) is 0 Å². The lowest BCUT2D eigenvalue weighted by atomic mass is 10.1. The molecule has 0 atom stereocenters. The van der Waals surface area contributed by atoms with Crippen LogP contribution in [0.1, 0.15) is 12.5 Å². The Morgan fingerprint density at radius 3 is 2.95 bits per heavy atom. The normalized spacial score (nSPS) is 10.4. The molecule has 0 saturated carbocycles. The fraction of sp³-hybridized carbons (Fsp3) is 0.250. The van der Waals surface area contributed by atoms with Crippen molar-refractivity contribution in [1.82, 2.24) is 10.2 Å². The number of nitrogens with zero attached hydrogens (tertiary/aromatic N) is 2. The average Bonchev–Trinajstić information content (AvgIpc) is 2.80. The summed E-state index contributed by atoms with van der Waals surface area (Å²) in [5.41, 5.74) is 0.800. The number of anilines is 1. The number of amides is 1. The van der Waals surface area contributed by atoms with Gasteiger partial charge in [0.2, 0.25) is 11.0 Å². The number of rotatable bonds is 5. The first-order chi connectivity index (χ1) is 9.19. The summed E-state index contributed by atoms with van der Waals surface area (Å²) in [6.07, 6.45) is 0.232. The van der Waals surface area contributed by atoms with E-state index in [9.17, 15) is 4.79 Å². The van der Waals surface area contributed by atoms with Crippen LogP contribution in [-0.2, 0) is 11.2 Å². The molecule has 19 heavy (non-hydrogen) atoms. The molecule has 2 rings (SSSR count). The Kier molecular flexibility index (Phi) is 5.18. The molecule has 0 radical (unpaired) electrons. The van der Waals surface area contributed by atoms with E-state index in [-0.39, 0.29) is 12.3 Å². The highest BCUT2D eigenvalue weighted by Crippen LogP contribution is 2.25. The smallest absolute Gasteiger partial charge is 0.230 e. The van der Waals surface area contributed by atoms with Crippen molar-refractivity contribution < 1.29 is 4.79 Å². The average molecular weight is 314 g/mol. The van der Waals surface area contributed by atoms with E-state index in [1.807, 2.05) is 25.1 Å². The second-order valence-electron chi connectivity index (χ2n) is 3.62. The molecule has 1 aromatic carbocycles. The number of carbonyl (C=O) groups is 1. The van der Waals surface area contributed by atoms with Crippen LogP contribution in [0.15, 0.2) is 28.6 Å². The maximum Gasteiger partial charge on any atom is 0.230 e. The molecule has 0 aliphatic heterocycles. The van der Waals surface area contributed by atoms with E-state index >= 15 is 0 Å². The standard InChI is InChI=1S/C12H12ClN3OS2/c1-2-18-12-16-15-11(19-12)14-10(17)7-8-5-3-4-6-9(8)13/h3-6H,2,7H2,1H3,(H,14,15,17). The molecule has 7 heteroatoms. The van der Waals surface area contributed by atoms with Crippen LogP contribution in [0.2, 0.25) is 5.02 Å². The molecular formula is C12H12ClN3OS2. The van der Waals surface area contributed by atoms with Crippen molar-refractivity contribution in [2.75, 3.05) is 11.1 Å². The Hall–Kier alpha value is -1.11. The molecule has 0 aliphatic carbocycles. The van der Waals surface area contributed by atoms with Crippen LogP contribution >= 0.6 is 34.7 Å². The molecule has 0 unspecified atom stereocenters. The quantitative estimate of drug-likeness (QED) is 0.678. The first kappa shape index (κ1) is 14.3. The highest BCUT2D eigenvalue weighted by atomic mass is 35.5. The van der Waals surface area contributed by atoms with Gasteiger partial charge in [0, 0.05) is 5.02 Å². The highest BCUT2D eigenvalue weighted by Gasteiger charge is 2.10.